The molecule has 0 aliphatic carbocycles. The first kappa shape index (κ1) is 18.2. The first-order valence-corrected chi connectivity index (χ1v) is 9.52. The van der Waals surface area contributed by atoms with Crippen LogP contribution >= 0.6 is 11.3 Å². The lowest BCUT2D eigenvalue weighted by Crippen LogP contribution is -2.46. The van der Waals surface area contributed by atoms with Crippen LogP contribution in [-0.4, -0.2) is 57.3 Å². The van der Waals surface area contributed by atoms with E-state index in [9.17, 15) is 0 Å². The van der Waals surface area contributed by atoms with E-state index in [0.29, 0.717) is 6.04 Å². The zero-order chi connectivity index (χ0) is 16.3. The minimum atomic E-state index is 0.382. The first-order chi connectivity index (χ1) is 11.3. The van der Waals surface area contributed by atoms with Crippen LogP contribution in [0.2, 0.25) is 0 Å². The van der Waals surface area contributed by atoms with Crippen LogP contribution in [0.25, 0.3) is 0 Å². The number of rotatable bonds is 8. The predicted octanol–water partition coefficient (Wildman–Crippen LogP) is 2.48. The summed E-state index contributed by atoms with van der Waals surface area (Å²) in [5.41, 5.74) is 0. The topological polar surface area (TPSA) is 48.9 Å². The molecule has 1 aliphatic heterocycles. The fraction of sp³-hybridized carbons (Fsp3) is 0.706. The van der Waals surface area contributed by atoms with Crippen molar-refractivity contribution in [3.63, 3.8) is 0 Å². The molecule has 0 spiro atoms. The van der Waals surface area contributed by atoms with Crippen LogP contribution in [0.5, 0.6) is 0 Å². The van der Waals surface area contributed by atoms with Gasteiger partial charge in [0.05, 0.1) is 19.3 Å². The standard InChI is InChI=1S/C17H30N4OS/c1-3-4-5-8-19-17(18-2)20-14-15(16-7-6-13-23-16)21-9-11-22-12-10-21/h6-7,13,15H,3-5,8-12,14H2,1-2H3,(H2,18,19,20). The van der Waals surface area contributed by atoms with Gasteiger partial charge in [0, 0.05) is 38.1 Å². The number of aliphatic imine (C=N–C) groups is 1. The molecule has 5 nitrogen and oxygen atoms in total. The summed E-state index contributed by atoms with van der Waals surface area (Å²) in [5, 5.41) is 9.06. The molecule has 1 unspecified atom stereocenters. The Morgan fingerprint density at radius 2 is 2.17 bits per heavy atom. The molecule has 1 saturated heterocycles. The molecule has 23 heavy (non-hydrogen) atoms. The Balaban J connectivity index is 1.87. The molecule has 1 aliphatic rings. The van der Waals surface area contributed by atoms with Gasteiger partial charge in [-0.2, -0.15) is 0 Å². The SMILES string of the molecule is CCCCCNC(=NC)NCC(c1cccs1)N1CCOCC1. The molecule has 1 aromatic rings. The minimum absolute atomic E-state index is 0.382. The summed E-state index contributed by atoms with van der Waals surface area (Å²) in [5.74, 6) is 0.899. The number of morpholine rings is 1. The lowest BCUT2D eigenvalue weighted by atomic mass is 10.2. The van der Waals surface area contributed by atoms with E-state index in [1.807, 2.05) is 18.4 Å². The van der Waals surface area contributed by atoms with Gasteiger partial charge in [0.15, 0.2) is 5.96 Å². The maximum Gasteiger partial charge on any atom is 0.191 e. The number of ether oxygens (including phenoxy) is 1. The van der Waals surface area contributed by atoms with Gasteiger partial charge in [0.25, 0.3) is 0 Å². The molecule has 130 valence electrons. The second kappa shape index (κ2) is 10.6. The van der Waals surface area contributed by atoms with E-state index >= 15 is 0 Å². The molecular formula is C17H30N4OS. The third-order valence-electron chi connectivity index (χ3n) is 4.12. The summed E-state index contributed by atoms with van der Waals surface area (Å²) in [6.07, 6.45) is 3.69. The molecule has 0 saturated carbocycles. The predicted molar refractivity (Wildman–Crippen MR) is 98.3 cm³/mol. The molecular weight excluding hydrogens is 308 g/mol. The second-order valence-electron chi connectivity index (χ2n) is 5.77. The van der Waals surface area contributed by atoms with Gasteiger partial charge in [-0.05, 0) is 17.9 Å². The normalized spacial score (nSPS) is 17.9. The average Bonchev–Trinajstić information content (AvgIpc) is 3.12. The molecule has 1 aromatic heterocycles. The highest BCUT2D eigenvalue weighted by atomic mass is 32.1. The highest BCUT2D eigenvalue weighted by Crippen LogP contribution is 2.25. The van der Waals surface area contributed by atoms with Gasteiger partial charge in [-0.1, -0.05) is 25.8 Å². The van der Waals surface area contributed by atoms with Crippen molar-refractivity contribution >= 4 is 17.3 Å². The fourth-order valence-corrected chi connectivity index (χ4v) is 3.64. The quantitative estimate of drug-likeness (QED) is 0.434. The third-order valence-corrected chi connectivity index (χ3v) is 5.09. The Labute approximate surface area is 144 Å². The number of hydrogen-bond acceptors (Lipinski definition) is 4. The Morgan fingerprint density at radius 1 is 1.35 bits per heavy atom. The van der Waals surface area contributed by atoms with Gasteiger partial charge in [0.1, 0.15) is 0 Å². The van der Waals surface area contributed by atoms with Crippen LogP contribution in [-0.2, 0) is 4.74 Å². The molecule has 0 radical (unpaired) electrons. The zero-order valence-corrected chi connectivity index (χ0v) is 15.2. The van der Waals surface area contributed by atoms with E-state index in [2.05, 4.69) is 45.0 Å². The summed E-state index contributed by atoms with van der Waals surface area (Å²) in [4.78, 5) is 8.25. The Bertz CT molecular complexity index is 443. The van der Waals surface area contributed by atoms with Crippen molar-refractivity contribution in [3.05, 3.63) is 22.4 Å². The third kappa shape index (κ3) is 6.12. The maximum absolute atomic E-state index is 5.50. The Hall–Kier alpha value is -1.11. The Morgan fingerprint density at radius 3 is 2.83 bits per heavy atom. The van der Waals surface area contributed by atoms with Crippen LogP contribution in [0.15, 0.2) is 22.5 Å². The number of thiophene rings is 1. The number of nitrogens with one attached hydrogen (secondary N) is 2. The lowest BCUT2D eigenvalue weighted by molar-refractivity contribution is 0.0177. The van der Waals surface area contributed by atoms with Crippen LogP contribution in [0.1, 0.15) is 37.1 Å². The minimum Gasteiger partial charge on any atom is -0.379 e. The molecule has 2 heterocycles. The van der Waals surface area contributed by atoms with E-state index in [1.54, 1.807) is 0 Å². The van der Waals surface area contributed by atoms with Crippen molar-refractivity contribution in [2.24, 2.45) is 4.99 Å². The van der Waals surface area contributed by atoms with Gasteiger partial charge >= 0.3 is 0 Å². The van der Waals surface area contributed by atoms with Gasteiger partial charge < -0.3 is 15.4 Å². The van der Waals surface area contributed by atoms with Crippen molar-refractivity contribution in [1.82, 2.24) is 15.5 Å². The summed E-state index contributed by atoms with van der Waals surface area (Å²) in [7, 11) is 1.84. The first-order valence-electron chi connectivity index (χ1n) is 8.65. The van der Waals surface area contributed by atoms with Crippen LogP contribution in [0, 0.1) is 0 Å². The molecule has 2 N–H and O–H groups in total. The molecule has 1 atom stereocenters. The van der Waals surface area contributed by atoms with Gasteiger partial charge in [-0.25, -0.2) is 0 Å². The molecule has 1 fully saturated rings. The average molecular weight is 339 g/mol. The molecule has 0 amide bonds. The van der Waals surface area contributed by atoms with E-state index < -0.39 is 0 Å². The maximum atomic E-state index is 5.50. The number of hydrogen-bond donors (Lipinski definition) is 2. The van der Waals surface area contributed by atoms with Crippen molar-refractivity contribution in [2.45, 2.75) is 32.2 Å². The molecule has 6 heteroatoms. The zero-order valence-electron chi connectivity index (χ0n) is 14.4. The van der Waals surface area contributed by atoms with Crippen molar-refractivity contribution in [2.75, 3.05) is 46.4 Å². The fourth-order valence-electron chi connectivity index (χ4n) is 2.78. The van der Waals surface area contributed by atoms with Gasteiger partial charge in [-0.15, -0.1) is 11.3 Å². The summed E-state index contributed by atoms with van der Waals surface area (Å²) >= 11 is 1.83. The number of guanidine groups is 1. The van der Waals surface area contributed by atoms with Crippen LogP contribution in [0.4, 0.5) is 0 Å². The molecule has 0 aromatic carbocycles. The molecule has 0 bridgehead atoms. The highest BCUT2D eigenvalue weighted by molar-refractivity contribution is 7.10. The largest absolute Gasteiger partial charge is 0.379 e. The number of nitrogens with zero attached hydrogens (tertiary/aromatic N) is 2. The van der Waals surface area contributed by atoms with Crippen molar-refractivity contribution in [1.29, 1.82) is 0 Å². The van der Waals surface area contributed by atoms with E-state index in [0.717, 1.165) is 45.4 Å². The van der Waals surface area contributed by atoms with E-state index in [-0.39, 0.29) is 0 Å². The summed E-state index contributed by atoms with van der Waals surface area (Å²) < 4.78 is 5.50. The van der Waals surface area contributed by atoms with E-state index in [4.69, 9.17) is 4.74 Å². The van der Waals surface area contributed by atoms with E-state index in [1.165, 1.54) is 24.1 Å². The van der Waals surface area contributed by atoms with Gasteiger partial charge in [0.2, 0.25) is 0 Å². The van der Waals surface area contributed by atoms with Crippen LogP contribution in [0.3, 0.4) is 0 Å². The summed E-state index contributed by atoms with van der Waals surface area (Å²) in [6, 6.07) is 4.74. The smallest absolute Gasteiger partial charge is 0.191 e. The highest BCUT2D eigenvalue weighted by Gasteiger charge is 2.23. The lowest BCUT2D eigenvalue weighted by Gasteiger charge is -2.34. The molecule has 2 rings (SSSR count). The van der Waals surface area contributed by atoms with Crippen LogP contribution < -0.4 is 10.6 Å². The van der Waals surface area contributed by atoms with Crippen molar-refractivity contribution in [3.8, 4) is 0 Å². The Kier molecular flexibility index (Phi) is 8.42. The van der Waals surface area contributed by atoms with Crippen molar-refractivity contribution < 1.29 is 4.74 Å². The second-order valence-corrected chi connectivity index (χ2v) is 6.75. The number of unbranched alkanes of at least 4 members (excludes halogenated alkanes) is 2. The van der Waals surface area contributed by atoms with Gasteiger partial charge in [-0.3, -0.25) is 9.89 Å². The summed E-state index contributed by atoms with van der Waals surface area (Å²) in [6.45, 7) is 7.71. The monoisotopic (exact) mass is 338 g/mol.